The van der Waals surface area contributed by atoms with E-state index in [2.05, 4.69) is 4.72 Å². The third kappa shape index (κ3) is 4.39. The Labute approximate surface area is 136 Å². The van der Waals surface area contributed by atoms with E-state index < -0.39 is 16.1 Å². The Morgan fingerprint density at radius 3 is 2.57 bits per heavy atom. The first-order valence-electron chi connectivity index (χ1n) is 6.97. The van der Waals surface area contributed by atoms with Crippen molar-refractivity contribution in [2.24, 2.45) is 11.7 Å². The quantitative estimate of drug-likeness (QED) is 0.804. The molecule has 0 radical (unpaired) electrons. The molecule has 0 amide bonds. The van der Waals surface area contributed by atoms with Gasteiger partial charge in [0.15, 0.2) is 0 Å². The second-order valence-electron chi connectivity index (χ2n) is 5.36. The molecule has 1 aliphatic carbocycles. The second-order valence-corrected chi connectivity index (χ2v) is 7.98. The highest BCUT2D eigenvalue weighted by molar-refractivity contribution is 7.89. The molecule has 4 nitrogen and oxygen atoms in total. The zero-order valence-corrected chi connectivity index (χ0v) is 14.0. The van der Waals surface area contributed by atoms with Gasteiger partial charge >= 0.3 is 0 Å². The van der Waals surface area contributed by atoms with E-state index >= 15 is 0 Å². The van der Waals surface area contributed by atoms with Gasteiger partial charge in [0.1, 0.15) is 0 Å². The van der Waals surface area contributed by atoms with Gasteiger partial charge in [-0.15, -0.1) is 0 Å². The van der Waals surface area contributed by atoms with Gasteiger partial charge in [0.25, 0.3) is 0 Å². The molecule has 0 spiro atoms. The summed E-state index contributed by atoms with van der Waals surface area (Å²) in [5, 5.41) is 0.377. The molecule has 0 heterocycles. The van der Waals surface area contributed by atoms with Gasteiger partial charge in [0.05, 0.1) is 15.9 Å². The van der Waals surface area contributed by atoms with Gasteiger partial charge < -0.3 is 5.73 Å². The molecular formula is C14H19ClN2O2S2. The van der Waals surface area contributed by atoms with Gasteiger partial charge in [-0.3, -0.25) is 0 Å². The minimum absolute atomic E-state index is 0.132. The lowest BCUT2D eigenvalue weighted by Gasteiger charge is -2.30. The van der Waals surface area contributed by atoms with Gasteiger partial charge in [0, 0.05) is 5.02 Å². The summed E-state index contributed by atoms with van der Waals surface area (Å²) in [7, 11) is -3.68. The van der Waals surface area contributed by atoms with E-state index in [0.29, 0.717) is 5.02 Å². The normalized spacial score (nSPS) is 18.3. The van der Waals surface area contributed by atoms with E-state index in [-0.39, 0.29) is 15.8 Å². The molecule has 1 fully saturated rings. The van der Waals surface area contributed by atoms with Crippen LogP contribution in [0.5, 0.6) is 0 Å². The van der Waals surface area contributed by atoms with Crippen molar-refractivity contribution in [1.82, 2.24) is 4.72 Å². The number of thiocarbonyl (C=S) groups is 1. The number of benzene rings is 1. The van der Waals surface area contributed by atoms with Crippen molar-refractivity contribution in [3.05, 3.63) is 29.3 Å². The Morgan fingerprint density at radius 1 is 1.33 bits per heavy atom. The predicted molar refractivity (Wildman–Crippen MR) is 88.9 cm³/mol. The fraction of sp³-hybridized carbons (Fsp3) is 0.500. The lowest BCUT2D eigenvalue weighted by atomic mass is 9.84. The van der Waals surface area contributed by atoms with Crippen LogP contribution in [0.25, 0.3) is 0 Å². The maximum atomic E-state index is 12.5. The van der Waals surface area contributed by atoms with Crippen molar-refractivity contribution in [2.45, 2.75) is 43.0 Å². The van der Waals surface area contributed by atoms with E-state index in [0.717, 1.165) is 25.7 Å². The first-order chi connectivity index (χ1) is 9.90. The Hall–Kier alpha value is -0.690. The average molecular weight is 347 g/mol. The van der Waals surface area contributed by atoms with Crippen LogP contribution in [-0.4, -0.2) is 19.4 Å². The lowest BCUT2D eigenvalue weighted by Crippen LogP contribution is -2.48. The molecular weight excluding hydrogens is 328 g/mol. The summed E-state index contributed by atoms with van der Waals surface area (Å²) in [6.07, 6.45) is 5.24. The summed E-state index contributed by atoms with van der Waals surface area (Å²) in [5.74, 6) is 0.171. The number of sulfonamides is 1. The first-order valence-corrected chi connectivity index (χ1v) is 9.24. The topological polar surface area (TPSA) is 72.2 Å². The fourth-order valence-electron chi connectivity index (χ4n) is 2.72. The van der Waals surface area contributed by atoms with Crippen LogP contribution < -0.4 is 10.5 Å². The molecule has 2 rings (SSSR count). The highest BCUT2D eigenvalue weighted by Gasteiger charge is 2.30. The third-order valence-electron chi connectivity index (χ3n) is 3.82. The van der Waals surface area contributed by atoms with Crippen LogP contribution in [0.4, 0.5) is 0 Å². The fourth-order valence-corrected chi connectivity index (χ4v) is 4.63. The SMILES string of the molecule is NC(=S)C(NS(=O)(=O)c1cccc(Cl)c1)C1CCCCC1. The zero-order chi connectivity index (χ0) is 15.5. The van der Waals surface area contributed by atoms with Gasteiger partial charge in [-0.1, -0.05) is 49.1 Å². The van der Waals surface area contributed by atoms with Crippen LogP contribution in [0.2, 0.25) is 5.02 Å². The molecule has 7 heteroatoms. The minimum atomic E-state index is -3.68. The van der Waals surface area contributed by atoms with Crippen LogP contribution >= 0.6 is 23.8 Å². The van der Waals surface area contributed by atoms with E-state index in [1.165, 1.54) is 18.6 Å². The predicted octanol–water partition coefficient (Wildman–Crippen LogP) is 2.85. The number of nitrogens with two attached hydrogens (primary N) is 1. The highest BCUT2D eigenvalue weighted by atomic mass is 35.5. The van der Waals surface area contributed by atoms with Crippen LogP contribution in [0, 0.1) is 5.92 Å². The van der Waals surface area contributed by atoms with E-state index in [4.69, 9.17) is 29.6 Å². The van der Waals surface area contributed by atoms with Crippen molar-refractivity contribution in [3.8, 4) is 0 Å². The van der Waals surface area contributed by atoms with Gasteiger partial charge in [-0.25, -0.2) is 13.1 Å². The maximum absolute atomic E-state index is 12.5. The Balaban J connectivity index is 2.21. The average Bonchev–Trinajstić information content (AvgIpc) is 2.45. The summed E-state index contributed by atoms with van der Waals surface area (Å²) < 4.78 is 27.6. The summed E-state index contributed by atoms with van der Waals surface area (Å²) in [6.45, 7) is 0. The number of nitrogens with one attached hydrogen (secondary N) is 1. The van der Waals surface area contributed by atoms with E-state index in [9.17, 15) is 8.42 Å². The van der Waals surface area contributed by atoms with Crippen molar-refractivity contribution >= 4 is 38.8 Å². The van der Waals surface area contributed by atoms with Crippen LogP contribution in [0.1, 0.15) is 32.1 Å². The van der Waals surface area contributed by atoms with E-state index in [1.807, 2.05) is 0 Å². The largest absolute Gasteiger partial charge is 0.392 e. The molecule has 3 N–H and O–H groups in total. The summed E-state index contributed by atoms with van der Waals surface area (Å²) in [6, 6.07) is 5.66. The second kappa shape index (κ2) is 7.05. The lowest BCUT2D eigenvalue weighted by molar-refractivity contribution is 0.330. The molecule has 0 aromatic heterocycles. The molecule has 1 atom stereocenters. The molecule has 1 aromatic rings. The molecule has 0 bridgehead atoms. The molecule has 0 saturated heterocycles. The maximum Gasteiger partial charge on any atom is 0.241 e. The molecule has 1 saturated carbocycles. The van der Waals surface area contributed by atoms with Gasteiger partial charge in [0.2, 0.25) is 10.0 Å². The number of hydrogen-bond acceptors (Lipinski definition) is 3. The third-order valence-corrected chi connectivity index (χ3v) is 5.74. The number of halogens is 1. The Kier molecular flexibility index (Phi) is 5.60. The molecule has 0 aliphatic heterocycles. The molecule has 1 aromatic carbocycles. The molecule has 1 aliphatic rings. The van der Waals surface area contributed by atoms with E-state index in [1.54, 1.807) is 12.1 Å². The van der Waals surface area contributed by atoms with Gasteiger partial charge in [-0.2, -0.15) is 0 Å². The van der Waals surface area contributed by atoms with Crippen molar-refractivity contribution in [1.29, 1.82) is 0 Å². The molecule has 1 unspecified atom stereocenters. The minimum Gasteiger partial charge on any atom is -0.392 e. The molecule has 21 heavy (non-hydrogen) atoms. The summed E-state index contributed by atoms with van der Waals surface area (Å²) in [4.78, 5) is 0.333. The van der Waals surface area contributed by atoms with Crippen molar-refractivity contribution < 1.29 is 8.42 Å². The Bertz CT molecular complexity index is 613. The highest BCUT2D eigenvalue weighted by Crippen LogP contribution is 2.27. The van der Waals surface area contributed by atoms with Crippen LogP contribution in [0.3, 0.4) is 0 Å². The zero-order valence-electron chi connectivity index (χ0n) is 11.6. The first kappa shape index (κ1) is 16.7. The smallest absolute Gasteiger partial charge is 0.241 e. The van der Waals surface area contributed by atoms with Crippen molar-refractivity contribution in [3.63, 3.8) is 0 Å². The monoisotopic (exact) mass is 346 g/mol. The number of hydrogen-bond donors (Lipinski definition) is 2. The van der Waals surface area contributed by atoms with Gasteiger partial charge in [-0.05, 0) is 37.0 Å². The molecule has 116 valence electrons. The number of rotatable bonds is 5. The summed E-state index contributed by atoms with van der Waals surface area (Å²) in [5.41, 5.74) is 5.76. The Morgan fingerprint density at radius 2 is 2.00 bits per heavy atom. The standard InChI is InChI=1S/C14H19ClN2O2S2/c15-11-7-4-8-12(9-11)21(18,19)17-13(14(16)20)10-5-2-1-3-6-10/h4,7-10,13,17H,1-3,5-6H2,(H2,16,20). The van der Waals surface area contributed by atoms with Crippen molar-refractivity contribution in [2.75, 3.05) is 0 Å². The van der Waals surface area contributed by atoms with Crippen LogP contribution in [-0.2, 0) is 10.0 Å². The van der Waals surface area contributed by atoms with Crippen LogP contribution in [0.15, 0.2) is 29.2 Å². The summed E-state index contributed by atoms with van der Waals surface area (Å²) >= 11 is 10.9.